The average molecular weight is 191 g/mol. The minimum atomic E-state index is 1.09. The van der Waals surface area contributed by atoms with E-state index in [-0.39, 0.29) is 0 Å². The Hall–Kier alpha value is -0.980. The number of hydrogen-bond acceptors (Lipinski definition) is 0. The maximum Gasteiger partial charge on any atom is 0.0438 e. The maximum atomic E-state index is 2.38. The van der Waals surface area contributed by atoms with Gasteiger partial charge in [-0.2, -0.15) is 0 Å². The zero-order valence-corrected chi connectivity index (χ0v) is 9.80. The van der Waals surface area contributed by atoms with Gasteiger partial charge in [0.15, 0.2) is 0 Å². The first-order chi connectivity index (χ1) is 6.83. The highest BCUT2D eigenvalue weighted by atomic mass is 15.0. The molecule has 78 valence electrons. The summed E-state index contributed by atoms with van der Waals surface area (Å²) in [5, 5.41) is 2.86. The summed E-state index contributed by atoms with van der Waals surface area (Å²) >= 11 is 0. The molecule has 0 aromatic carbocycles. The van der Waals surface area contributed by atoms with Crippen LogP contribution in [0, 0.1) is 6.92 Å². The molecule has 1 nitrogen and oxygen atoms in total. The maximum absolute atomic E-state index is 2.38. The first-order valence-corrected chi connectivity index (χ1v) is 5.69. The largest absolute Gasteiger partial charge is 0.345 e. The van der Waals surface area contributed by atoms with E-state index in [2.05, 4.69) is 36.6 Å². The van der Waals surface area contributed by atoms with Gasteiger partial charge in [-0.25, -0.2) is 0 Å². The summed E-state index contributed by atoms with van der Waals surface area (Å²) in [7, 11) is 0. The Kier molecular flexibility index (Phi) is 3.99. The lowest BCUT2D eigenvalue weighted by Crippen LogP contribution is -2.30. The third kappa shape index (κ3) is 1.92. The molecule has 14 heavy (non-hydrogen) atoms. The second kappa shape index (κ2) is 5.04. The molecule has 0 saturated heterocycles. The zero-order chi connectivity index (χ0) is 10.6. The van der Waals surface area contributed by atoms with Crippen LogP contribution in [0.25, 0.3) is 12.2 Å². The lowest BCUT2D eigenvalue weighted by Gasteiger charge is -2.03. The van der Waals surface area contributed by atoms with E-state index in [9.17, 15) is 0 Å². The summed E-state index contributed by atoms with van der Waals surface area (Å²) in [4.78, 5) is 0. The molecule has 1 aliphatic rings. The predicted molar refractivity (Wildman–Crippen MR) is 63.6 cm³/mol. The molecule has 0 spiro atoms. The molecule has 1 aliphatic carbocycles. The Bertz CT molecular complexity index is 396. The van der Waals surface area contributed by atoms with E-state index >= 15 is 0 Å². The number of nitrogens with zero attached hydrogens (tertiary/aromatic N) is 1. The molecule has 0 unspecified atom stereocenters. The van der Waals surface area contributed by atoms with Crippen molar-refractivity contribution >= 4 is 12.2 Å². The number of hydrogen-bond donors (Lipinski definition) is 0. The standard InChI is InChI=1S/C11H15N.C2H6/c1-3-12-9(2)8-10-6-4-5-7-11(10)12;1-2/h6-8H,3-5H2,1-2H3;1-2H3. The van der Waals surface area contributed by atoms with Crippen molar-refractivity contribution in [2.75, 3.05) is 0 Å². The van der Waals surface area contributed by atoms with Gasteiger partial charge < -0.3 is 4.57 Å². The highest BCUT2D eigenvalue weighted by Crippen LogP contribution is 1.98. The number of fused-ring (bicyclic) bond motifs is 1. The second-order valence-electron chi connectivity index (χ2n) is 3.36. The molecular weight excluding hydrogens is 170 g/mol. The first kappa shape index (κ1) is 11.1. The molecule has 1 heterocycles. The molecule has 0 radical (unpaired) electrons. The molecule has 0 aliphatic heterocycles. The molecule has 1 aromatic heterocycles. The van der Waals surface area contributed by atoms with Gasteiger partial charge in [0.05, 0.1) is 0 Å². The summed E-state index contributed by atoms with van der Waals surface area (Å²) < 4.78 is 2.38. The van der Waals surface area contributed by atoms with Gasteiger partial charge in [0.1, 0.15) is 0 Å². The summed E-state index contributed by atoms with van der Waals surface area (Å²) in [6.45, 7) is 9.48. The van der Waals surface area contributed by atoms with E-state index in [1.54, 1.807) is 0 Å². The number of rotatable bonds is 1. The van der Waals surface area contributed by atoms with E-state index in [0.29, 0.717) is 0 Å². The van der Waals surface area contributed by atoms with Crippen molar-refractivity contribution in [3.8, 4) is 0 Å². The first-order valence-electron chi connectivity index (χ1n) is 5.69. The van der Waals surface area contributed by atoms with Crippen LogP contribution in [0.3, 0.4) is 0 Å². The lowest BCUT2D eigenvalue weighted by molar-refractivity contribution is 0.716. The van der Waals surface area contributed by atoms with Gasteiger partial charge >= 0.3 is 0 Å². The van der Waals surface area contributed by atoms with Gasteiger partial charge in [0.25, 0.3) is 0 Å². The zero-order valence-electron chi connectivity index (χ0n) is 9.80. The summed E-state index contributed by atoms with van der Waals surface area (Å²) in [6, 6.07) is 2.29. The lowest BCUT2D eigenvalue weighted by atomic mass is 10.2. The van der Waals surface area contributed by atoms with Gasteiger partial charge in [-0.05, 0) is 38.0 Å². The highest BCUT2D eigenvalue weighted by Gasteiger charge is 2.01. The van der Waals surface area contributed by atoms with Crippen molar-refractivity contribution in [3.05, 3.63) is 22.3 Å². The van der Waals surface area contributed by atoms with Crippen LogP contribution < -0.4 is 10.6 Å². The molecule has 1 heteroatoms. The fraction of sp³-hybridized carbons (Fsp3) is 0.538. The number of aryl methyl sites for hydroxylation is 1. The number of aromatic nitrogens is 1. The second-order valence-corrected chi connectivity index (χ2v) is 3.36. The van der Waals surface area contributed by atoms with Crippen LogP contribution in [0.1, 0.15) is 39.3 Å². The highest BCUT2D eigenvalue weighted by molar-refractivity contribution is 5.37. The molecule has 0 amide bonds. The minimum absolute atomic E-state index is 1.09. The van der Waals surface area contributed by atoms with Crippen LogP contribution in [0.5, 0.6) is 0 Å². The normalized spacial score (nSPS) is 13.1. The topological polar surface area (TPSA) is 4.93 Å². The van der Waals surface area contributed by atoms with Crippen molar-refractivity contribution in [2.24, 2.45) is 0 Å². The Morgan fingerprint density at radius 2 is 1.86 bits per heavy atom. The summed E-state index contributed by atoms with van der Waals surface area (Å²) in [5.41, 5.74) is 1.39. The predicted octanol–water partition coefficient (Wildman–Crippen LogP) is 2.20. The van der Waals surface area contributed by atoms with Crippen LogP contribution >= 0.6 is 0 Å². The molecule has 0 saturated carbocycles. The van der Waals surface area contributed by atoms with E-state index < -0.39 is 0 Å². The Morgan fingerprint density at radius 3 is 2.50 bits per heavy atom. The average Bonchev–Trinajstić information content (AvgIpc) is 2.56. The molecule has 0 N–H and O–H groups in total. The molecule has 0 bridgehead atoms. The van der Waals surface area contributed by atoms with Crippen molar-refractivity contribution in [1.82, 2.24) is 4.57 Å². The van der Waals surface area contributed by atoms with Crippen LogP contribution in [0.2, 0.25) is 0 Å². The third-order valence-electron chi connectivity index (χ3n) is 2.56. The molecule has 1 aromatic rings. The quantitative estimate of drug-likeness (QED) is 0.641. The summed E-state index contributed by atoms with van der Waals surface area (Å²) in [6.07, 6.45) is 7.11. The molecule has 0 fully saturated rings. The molecule has 2 rings (SSSR count). The van der Waals surface area contributed by atoms with Crippen molar-refractivity contribution in [2.45, 2.75) is 47.1 Å². The Morgan fingerprint density at radius 1 is 1.21 bits per heavy atom. The molecular formula is C13H21N. The van der Waals surface area contributed by atoms with Gasteiger partial charge in [-0.3, -0.25) is 0 Å². The smallest absolute Gasteiger partial charge is 0.0438 e. The fourth-order valence-corrected chi connectivity index (χ4v) is 1.99. The molecule has 0 atom stereocenters. The van der Waals surface area contributed by atoms with Crippen molar-refractivity contribution in [3.63, 3.8) is 0 Å². The van der Waals surface area contributed by atoms with Gasteiger partial charge in [0.2, 0.25) is 0 Å². The van der Waals surface area contributed by atoms with Gasteiger partial charge in [-0.15, -0.1) is 0 Å². The minimum Gasteiger partial charge on any atom is -0.345 e. The van der Waals surface area contributed by atoms with Gasteiger partial charge in [0, 0.05) is 17.6 Å². The van der Waals surface area contributed by atoms with Crippen LogP contribution in [-0.4, -0.2) is 4.57 Å². The van der Waals surface area contributed by atoms with Crippen molar-refractivity contribution in [1.29, 1.82) is 0 Å². The third-order valence-corrected chi connectivity index (χ3v) is 2.56. The van der Waals surface area contributed by atoms with Crippen molar-refractivity contribution < 1.29 is 0 Å². The van der Waals surface area contributed by atoms with E-state index in [1.165, 1.54) is 29.1 Å². The van der Waals surface area contributed by atoms with Crippen LogP contribution in [0.4, 0.5) is 0 Å². The summed E-state index contributed by atoms with van der Waals surface area (Å²) in [5.74, 6) is 0. The van der Waals surface area contributed by atoms with E-state index in [0.717, 1.165) is 6.54 Å². The fourth-order valence-electron chi connectivity index (χ4n) is 1.99. The van der Waals surface area contributed by atoms with Crippen LogP contribution in [0.15, 0.2) is 6.07 Å². The SMILES string of the molecule is CC.CCn1c(C)cc2c1=CCCC=2. The Balaban J connectivity index is 0.000000461. The van der Waals surface area contributed by atoms with E-state index in [1.807, 2.05) is 13.8 Å². The Labute approximate surface area is 86.8 Å². The van der Waals surface area contributed by atoms with Gasteiger partial charge in [-0.1, -0.05) is 26.0 Å². The monoisotopic (exact) mass is 191 g/mol. The van der Waals surface area contributed by atoms with Crippen LogP contribution in [-0.2, 0) is 6.54 Å². The van der Waals surface area contributed by atoms with E-state index in [4.69, 9.17) is 0 Å².